The first-order chi connectivity index (χ1) is 8.58. The number of nitrogens with one attached hydrogen (secondary N) is 1. The SMILES string of the molecule is CC1OCCC1CNc1ccc(C(N)=S)c(F)c1. The van der Waals surface area contributed by atoms with Gasteiger partial charge in [0.2, 0.25) is 0 Å². The lowest BCUT2D eigenvalue weighted by Crippen LogP contribution is -2.21. The van der Waals surface area contributed by atoms with Crippen molar-refractivity contribution in [1.29, 1.82) is 0 Å². The molecule has 0 aliphatic carbocycles. The molecule has 1 aliphatic rings. The van der Waals surface area contributed by atoms with Crippen molar-refractivity contribution in [2.75, 3.05) is 18.5 Å². The number of benzene rings is 1. The third-order valence-corrected chi connectivity index (χ3v) is 3.56. The highest BCUT2D eigenvalue weighted by molar-refractivity contribution is 7.80. The normalized spacial score (nSPS) is 23.0. The third kappa shape index (κ3) is 2.97. The number of nitrogens with two attached hydrogens (primary N) is 1. The van der Waals surface area contributed by atoms with Crippen LogP contribution in [-0.2, 0) is 4.74 Å². The lowest BCUT2D eigenvalue weighted by Gasteiger charge is -2.16. The van der Waals surface area contributed by atoms with Crippen molar-refractivity contribution < 1.29 is 9.13 Å². The summed E-state index contributed by atoms with van der Waals surface area (Å²) < 4.78 is 19.1. The van der Waals surface area contributed by atoms with Crippen LogP contribution in [0.2, 0.25) is 0 Å². The van der Waals surface area contributed by atoms with Crippen LogP contribution in [0.1, 0.15) is 18.9 Å². The number of thiocarbonyl (C=S) groups is 1. The minimum Gasteiger partial charge on any atom is -0.389 e. The first-order valence-corrected chi connectivity index (χ1v) is 6.43. The molecule has 2 unspecified atom stereocenters. The Bertz CT molecular complexity index is 453. The van der Waals surface area contributed by atoms with Crippen molar-refractivity contribution >= 4 is 22.9 Å². The monoisotopic (exact) mass is 268 g/mol. The van der Waals surface area contributed by atoms with E-state index >= 15 is 0 Å². The Kier molecular flexibility index (Phi) is 4.14. The molecule has 3 nitrogen and oxygen atoms in total. The summed E-state index contributed by atoms with van der Waals surface area (Å²) in [6.45, 7) is 3.66. The predicted molar refractivity (Wildman–Crippen MR) is 74.3 cm³/mol. The number of anilines is 1. The van der Waals surface area contributed by atoms with Gasteiger partial charge in [-0.3, -0.25) is 0 Å². The van der Waals surface area contributed by atoms with Crippen molar-refractivity contribution in [2.24, 2.45) is 11.7 Å². The van der Waals surface area contributed by atoms with Gasteiger partial charge in [-0.2, -0.15) is 0 Å². The molecule has 1 fully saturated rings. The van der Waals surface area contributed by atoms with Gasteiger partial charge in [0.25, 0.3) is 0 Å². The quantitative estimate of drug-likeness (QED) is 0.823. The van der Waals surface area contributed by atoms with E-state index in [-0.39, 0.29) is 22.5 Å². The highest BCUT2D eigenvalue weighted by atomic mass is 32.1. The van der Waals surface area contributed by atoms with Gasteiger partial charge in [-0.05, 0) is 31.5 Å². The molecule has 2 atom stereocenters. The average molecular weight is 268 g/mol. The fourth-order valence-corrected chi connectivity index (χ4v) is 2.28. The molecule has 1 heterocycles. The van der Waals surface area contributed by atoms with E-state index < -0.39 is 0 Å². The molecular formula is C13H17FN2OS. The lowest BCUT2D eigenvalue weighted by molar-refractivity contribution is 0.108. The van der Waals surface area contributed by atoms with Gasteiger partial charge in [0.05, 0.1) is 6.10 Å². The van der Waals surface area contributed by atoms with E-state index in [1.54, 1.807) is 12.1 Å². The van der Waals surface area contributed by atoms with Gasteiger partial charge in [0.15, 0.2) is 0 Å². The molecule has 3 N–H and O–H groups in total. The molecule has 1 aromatic carbocycles. The molecule has 18 heavy (non-hydrogen) atoms. The summed E-state index contributed by atoms with van der Waals surface area (Å²) in [6, 6.07) is 4.82. The molecule has 0 bridgehead atoms. The van der Waals surface area contributed by atoms with Crippen LogP contribution in [0, 0.1) is 11.7 Å². The first-order valence-electron chi connectivity index (χ1n) is 6.02. The molecule has 0 spiro atoms. The van der Waals surface area contributed by atoms with E-state index in [0.29, 0.717) is 5.92 Å². The van der Waals surface area contributed by atoms with Gasteiger partial charge in [-0.1, -0.05) is 12.2 Å². The van der Waals surface area contributed by atoms with E-state index in [1.165, 1.54) is 6.07 Å². The zero-order valence-electron chi connectivity index (χ0n) is 10.3. The van der Waals surface area contributed by atoms with Crippen molar-refractivity contribution in [2.45, 2.75) is 19.4 Å². The summed E-state index contributed by atoms with van der Waals surface area (Å²) in [6.07, 6.45) is 1.31. The molecule has 0 aromatic heterocycles. The van der Waals surface area contributed by atoms with E-state index in [2.05, 4.69) is 12.2 Å². The Balaban J connectivity index is 1.98. The van der Waals surface area contributed by atoms with Gasteiger partial charge >= 0.3 is 0 Å². The highest BCUT2D eigenvalue weighted by Gasteiger charge is 2.23. The second kappa shape index (κ2) is 5.63. The van der Waals surface area contributed by atoms with Crippen molar-refractivity contribution in [3.63, 3.8) is 0 Å². The molecule has 5 heteroatoms. The fourth-order valence-electron chi connectivity index (χ4n) is 2.12. The summed E-state index contributed by atoms with van der Waals surface area (Å²) in [5.41, 5.74) is 6.44. The van der Waals surface area contributed by atoms with E-state index in [0.717, 1.165) is 25.3 Å². The van der Waals surface area contributed by atoms with Gasteiger partial charge < -0.3 is 15.8 Å². The molecule has 1 saturated heterocycles. The Morgan fingerprint density at radius 2 is 2.39 bits per heavy atom. The zero-order valence-corrected chi connectivity index (χ0v) is 11.1. The van der Waals surface area contributed by atoms with Crippen LogP contribution in [0.25, 0.3) is 0 Å². The molecule has 1 aromatic rings. The van der Waals surface area contributed by atoms with Crippen LogP contribution < -0.4 is 11.1 Å². The molecule has 0 amide bonds. The van der Waals surface area contributed by atoms with Crippen LogP contribution in [0.5, 0.6) is 0 Å². The topological polar surface area (TPSA) is 47.3 Å². The van der Waals surface area contributed by atoms with Gasteiger partial charge in [-0.15, -0.1) is 0 Å². The Morgan fingerprint density at radius 1 is 1.61 bits per heavy atom. The number of hydrogen-bond acceptors (Lipinski definition) is 3. The maximum atomic E-state index is 13.6. The van der Waals surface area contributed by atoms with E-state index in [1.807, 2.05) is 0 Å². The van der Waals surface area contributed by atoms with Crippen LogP contribution >= 0.6 is 12.2 Å². The van der Waals surface area contributed by atoms with Gasteiger partial charge in [-0.25, -0.2) is 4.39 Å². The van der Waals surface area contributed by atoms with Crippen molar-refractivity contribution in [3.8, 4) is 0 Å². The van der Waals surface area contributed by atoms with Gasteiger partial charge in [0.1, 0.15) is 10.8 Å². The Labute approximate surface area is 112 Å². The van der Waals surface area contributed by atoms with E-state index in [4.69, 9.17) is 22.7 Å². The number of hydrogen-bond donors (Lipinski definition) is 2. The molecule has 0 saturated carbocycles. The summed E-state index contributed by atoms with van der Waals surface area (Å²) >= 11 is 4.76. The molecule has 98 valence electrons. The van der Waals surface area contributed by atoms with Gasteiger partial charge in [0, 0.05) is 30.3 Å². The minimum atomic E-state index is -0.386. The third-order valence-electron chi connectivity index (χ3n) is 3.34. The second-order valence-corrected chi connectivity index (χ2v) is 5.00. The first kappa shape index (κ1) is 13.2. The second-order valence-electron chi connectivity index (χ2n) is 4.56. The number of rotatable bonds is 4. The summed E-state index contributed by atoms with van der Waals surface area (Å²) in [5, 5.41) is 3.22. The van der Waals surface area contributed by atoms with Crippen LogP contribution in [0.3, 0.4) is 0 Å². The number of halogens is 1. The predicted octanol–water partition coefficient (Wildman–Crippen LogP) is 2.30. The number of ether oxygens (including phenoxy) is 1. The molecule has 0 radical (unpaired) electrons. The Hall–Kier alpha value is -1.20. The fraction of sp³-hybridized carbons (Fsp3) is 0.462. The smallest absolute Gasteiger partial charge is 0.135 e. The molecule has 2 rings (SSSR count). The van der Waals surface area contributed by atoms with E-state index in [9.17, 15) is 4.39 Å². The largest absolute Gasteiger partial charge is 0.389 e. The highest BCUT2D eigenvalue weighted by Crippen LogP contribution is 2.21. The Morgan fingerprint density at radius 3 is 2.94 bits per heavy atom. The zero-order chi connectivity index (χ0) is 13.1. The van der Waals surface area contributed by atoms with Crippen LogP contribution in [0.15, 0.2) is 18.2 Å². The maximum absolute atomic E-state index is 13.6. The standard InChI is InChI=1S/C13H17FN2OS/c1-8-9(4-5-17-8)7-16-10-2-3-11(13(15)18)12(14)6-10/h2-3,6,8-9,16H,4-5,7H2,1H3,(H2,15,18). The van der Waals surface area contributed by atoms with Crippen molar-refractivity contribution in [1.82, 2.24) is 0 Å². The van der Waals surface area contributed by atoms with Crippen molar-refractivity contribution in [3.05, 3.63) is 29.6 Å². The minimum absolute atomic E-state index is 0.0804. The maximum Gasteiger partial charge on any atom is 0.135 e. The van der Waals surface area contributed by atoms with Crippen LogP contribution in [0.4, 0.5) is 10.1 Å². The summed E-state index contributed by atoms with van der Waals surface area (Å²) in [7, 11) is 0. The van der Waals surface area contributed by atoms with Crippen LogP contribution in [-0.4, -0.2) is 24.2 Å². The average Bonchev–Trinajstić information content (AvgIpc) is 2.72. The summed E-state index contributed by atoms with van der Waals surface area (Å²) in [5.74, 6) is 0.0894. The molecule has 1 aliphatic heterocycles. The lowest BCUT2D eigenvalue weighted by atomic mass is 10.0. The molecular weight excluding hydrogens is 251 g/mol. The summed E-state index contributed by atoms with van der Waals surface area (Å²) in [4.78, 5) is 0.0804.